The fourth-order valence-corrected chi connectivity index (χ4v) is 3.39. The smallest absolute Gasteiger partial charge is 0.264 e. The summed E-state index contributed by atoms with van der Waals surface area (Å²) in [7, 11) is 1.94. The van der Waals surface area contributed by atoms with Gasteiger partial charge in [-0.2, -0.15) is 0 Å². The van der Waals surface area contributed by atoms with Crippen LogP contribution in [0, 0.1) is 18.8 Å². The maximum absolute atomic E-state index is 13.5. The molecule has 0 aliphatic carbocycles. The van der Waals surface area contributed by atoms with Crippen molar-refractivity contribution in [1.82, 2.24) is 14.1 Å². The fraction of sp³-hybridized carbons (Fsp3) is 0.167. The van der Waals surface area contributed by atoms with Crippen LogP contribution < -0.4 is 5.56 Å². The Kier molecular flexibility index (Phi) is 4.58. The van der Waals surface area contributed by atoms with E-state index in [9.17, 15) is 4.79 Å². The molecule has 0 radical (unpaired) electrons. The molecule has 4 aromatic rings. The number of aromatic nitrogens is 3. The molecule has 4 nitrogen and oxygen atoms in total. The molecule has 0 amide bonds. The van der Waals surface area contributed by atoms with Gasteiger partial charge >= 0.3 is 0 Å². The molecule has 4 rings (SSSR count). The minimum atomic E-state index is -0.0355. The molecule has 138 valence electrons. The van der Waals surface area contributed by atoms with Gasteiger partial charge in [-0.1, -0.05) is 43.2 Å². The first kappa shape index (κ1) is 17.8. The Hall–Kier alpha value is -3.58. The third-order valence-corrected chi connectivity index (χ3v) is 5.05. The molecule has 2 aromatic heterocycles. The Labute approximate surface area is 164 Å². The van der Waals surface area contributed by atoms with Gasteiger partial charge in [-0.15, -0.1) is 0 Å². The second-order valence-corrected chi connectivity index (χ2v) is 6.73. The van der Waals surface area contributed by atoms with E-state index in [1.165, 1.54) is 0 Å². The first-order chi connectivity index (χ1) is 13.6. The van der Waals surface area contributed by atoms with Crippen molar-refractivity contribution in [2.24, 2.45) is 7.05 Å². The molecule has 0 aliphatic heterocycles. The minimum absolute atomic E-state index is 0.0355. The fourth-order valence-electron chi connectivity index (χ4n) is 3.39. The lowest BCUT2D eigenvalue weighted by Crippen LogP contribution is -2.22. The van der Waals surface area contributed by atoms with E-state index in [1.807, 2.05) is 67.1 Å². The third kappa shape index (κ3) is 3.01. The van der Waals surface area contributed by atoms with Gasteiger partial charge in [0.2, 0.25) is 0 Å². The van der Waals surface area contributed by atoms with Crippen molar-refractivity contribution >= 4 is 10.8 Å². The lowest BCUT2D eigenvalue weighted by Gasteiger charge is -2.14. The summed E-state index contributed by atoms with van der Waals surface area (Å²) in [5.41, 5.74) is 3.37. The highest BCUT2D eigenvalue weighted by Crippen LogP contribution is 2.19. The number of hydrogen-bond acceptors (Lipinski definition) is 2. The first-order valence-electron chi connectivity index (χ1n) is 9.33. The molecule has 28 heavy (non-hydrogen) atoms. The Bertz CT molecular complexity index is 1280. The van der Waals surface area contributed by atoms with Gasteiger partial charge < -0.3 is 4.57 Å². The number of para-hydroxylation sites is 1. The van der Waals surface area contributed by atoms with Crippen molar-refractivity contribution in [3.05, 3.63) is 93.9 Å². The summed E-state index contributed by atoms with van der Waals surface area (Å²) < 4.78 is 3.73. The molecule has 0 unspecified atom stereocenters. The van der Waals surface area contributed by atoms with Crippen LogP contribution in [0.2, 0.25) is 0 Å². The predicted molar refractivity (Wildman–Crippen MR) is 113 cm³/mol. The van der Waals surface area contributed by atoms with Gasteiger partial charge in [0.05, 0.1) is 11.6 Å². The molecule has 2 aromatic carbocycles. The molecule has 0 spiro atoms. The number of fused-ring (bicyclic) bond motifs is 1. The van der Waals surface area contributed by atoms with E-state index in [1.54, 1.807) is 10.8 Å². The Balaban J connectivity index is 1.98. The zero-order valence-corrected chi connectivity index (χ0v) is 16.2. The van der Waals surface area contributed by atoms with E-state index in [4.69, 9.17) is 0 Å². The maximum Gasteiger partial charge on any atom is 0.264 e. The molecule has 0 N–H and O–H groups in total. The maximum atomic E-state index is 13.5. The summed E-state index contributed by atoms with van der Waals surface area (Å²) in [6.45, 7) is 4.00. The number of nitrogens with zero attached hydrogens (tertiary/aromatic N) is 3. The summed E-state index contributed by atoms with van der Waals surface area (Å²) in [4.78, 5) is 17.8. The van der Waals surface area contributed by atoms with Crippen molar-refractivity contribution in [3.63, 3.8) is 0 Å². The predicted octanol–water partition coefficient (Wildman–Crippen LogP) is 3.99. The topological polar surface area (TPSA) is 39.8 Å². The summed E-state index contributed by atoms with van der Waals surface area (Å²) in [5, 5.41) is 1.57. The lowest BCUT2D eigenvalue weighted by atomic mass is 10.0. The van der Waals surface area contributed by atoms with Gasteiger partial charge in [0.25, 0.3) is 5.56 Å². The minimum Gasteiger partial charge on any atom is -0.325 e. The van der Waals surface area contributed by atoms with Gasteiger partial charge in [-0.05, 0) is 48.9 Å². The second kappa shape index (κ2) is 7.21. The van der Waals surface area contributed by atoms with E-state index < -0.39 is 0 Å². The third-order valence-electron chi connectivity index (χ3n) is 5.05. The summed E-state index contributed by atoms with van der Waals surface area (Å²) in [6.07, 6.45) is 2.52. The van der Waals surface area contributed by atoms with Crippen LogP contribution in [-0.2, 0) is 13.5 Å². The van der Waals surface area contributed by atoms with Crippen molar-refractivity contribution in [3.8, 4) is 17.5 Å². The average molecular weight is 367 g/mol. The van der Waals surface area contributed by atoms with Crippen LogP contribution in [0.5, 0.6) is 0 Å². The number of benzene rings is 2. The lowest BCUT2D eigenvalue weighted by molar-refractivity contribution is 0.847. The van der Waals surface area contributed by atoms with E-state index in [-0.39, 0.29) is 5.56 Å². The van der Waals surface area contributed by atoms with Gasteiger partial charge in [0.15, 0.2) is 0 Å². The molecule has 0 fully saturated rings. The Morgan fingerprint density at radius 1 is 1.04 bits per heavy atom. The highest BCUT2D eigenvalue weighted by Gasteiger charge is 2.12. The van der Waals surface area contributed by atoms with Gasteiger partial charge in [-0.3, -0.25) is 9.36 Å². The van der Waals surface area contributed by atoms with Crippen molar-refractivity contribution in [1.29, 1.82) is 0 Å². The summed E-state index contributed by atoms with van der Waals surface area (Å²) in [6, 6.07) is 17.7. The summed E-state index contributed by atoms with van der Waals surface area (Å²) >= 11 is 0. The van der Waals surface area contributed by atoms with Crippen molar-refractivity contribution < 1.29 is 0 Å². The van der Waals surface area contributed by atoms with E-state index >= 15 is 0 Å². The van der Waals surface area contributed by atoms with Crippen LogP contribution in [0.4, 0.5) is 0 Å². The van der Waals surface area contributed by atoms with Crippen LogP contribution in [0.25, 0.3) is 16.5 Å². The number of pyridine rings is 1. The average Bonchev–Trinajstić information content (AvgIpc) is 3.04. The van der Waals surface area contributed by atoms with E-state index in [0.717, 1.165) is 40.3 Å². The van der Waals surface area contributed by atoms with E-state index in [2.05, 4.69) is 29.8 Å². The summed E-state index contributed by atoms with van der Waals surface area (Å²) in [5.74, 6) is 7.25. The zero-order chi connectivity index (χ0) is 19.7. The van der Waals surface area contributed by atoms with Gasteiger partial charge in [0.1, 0.15) is 11.5 Å². The van der Waals surface area contributed by atoms with Gasteiger partial charge in [-0.25, -0.2) is 4.98 Å². The molecular formula is C24H21N3O. The SMILES string of the molecule is CCc1cc2cccc(C#Cc3cnc(C)n3C)c2c(=O)n1-c1ccccc1. The molecular weight excluding hydrogens is 346 g/mol. The monoisotopic (exact) mass is 367 g/mol. The van der Waals surface area contributed by atoms with Crippen LogP contribution in [0.15, 0.2) is 65.6 Å². The number of rotatable bonds is 2. The quantitative estimate of drug-likeness (QED) is 0.503. The largest absolute Gasteiger partial charge is 0.325 e. The number of aryl methyl sites for hydroxylation is 2. The van der Waals surface area contributed by atoms with Gasteiger partial charge in [0, 0.05) is 24.0 Å². The molecule has 0 atom stereocenters. The Morgan fingerprint density at radius 3 is 2.50 bits per heavy atom. The zero-order valence-electron chi connectivity index (χ0n) is 16.2. The van der Waals surface area contributed by atoms with Crippen LogP contribution >= 0.6 is 0 Å². The van der Waals surface area contributed by atoms with Crippen LogP contribution in [0.3, 0.4) is 0 Å². The molecule has 0 saturated carbocycles. The molecule has 4 heteroatoms. The first-order valence-corrected chi connectivity index (χ1v) is 9.33. The van der Waals surface area contributed by atoms with E-state index in [0.29, 0.717) is 5.39 Å². The Morgan fingerprint density at radius 2 is 1.82 bits per heavy atom. The number of imidazole rings is 1. The molecule has 0 bridgehead atoms. The van der Waals surface area contributed by atoms with Crippen molar-refractivity contribution in [2.75, 3.05) is 0 Å². The highest BCUT2D eigenvalue weighted by atomic mass is 16.1. The highest BCUT2D eigenvalue weighted by molar-refractivity contribution is 5.88. The molecule has 2 heterocycles. The normalized spacial score (nSPS) is 10.7. The number of hydrogen-bond donors (Lipinski definition) is 0. The van der Waals surface area contributed by atoms with Crippen molar-refractivity contribution in [2.45, 2.75) is 20.3 Å². The molecule has 0 aliphatic rings. The van der Waals surface area contributed by atoms with Crippen LogP contribution in [0.1, 0.15) is 29.7 Å². The molecule has 0 saturated heterocycles. The standard InChI is InChI=1S/C24H21N3O/c1-4-20-15-19-10-8-9-18(13-14-22-16-25-17(2)26(22)3)23(19)24(28)27(20)21-11-6-5-7-12-21/h5-12,15-16H,4H2,1-3H3. The van der Waals surface area contributed by atoms with Crippen LogP contribution in [-0.4, -0.2) is 14.1 Å². The second-order valence-electron chi connectivity index (χ2n) is 6.73.